The number of amides is 1. The molecule has 2 aromatic rings. The molecular weight excluding hydrogens is 409 g/mol. The van der Waals surface area contributed by atoms with Crippen LogP contribution in [0, 0.1) is 17.2 Å². The first-order chi connectivity index (χ1) is 15.6. The maximum Gasteiger partial charge on any atom is 0.226 e. The van der Waals surface area contributed by atoms with Crippen molar-refractivity contribution < 1.29 is 23.4 Å². The number of methoxy groups -OCH3 is 1. The van der Waals surface area contributed by atoms with Gasteiger partial charge in [0.05, 0.1) is 12.5 Å². The highest BCUT2D eigenvalue weighted by molar-refractivity contribution is 5.83. The Balaban J connectivity index is 1.48. The molecule has 2 aromatic carbocycles. The summed E-state index contributed by atoms with van der Waals surface area (Å²) in [5.41, 5.74) is 2.23. The van der Waals surface area contributed by atoms with Gasteiger partial charge < -0.3 is 19.5 Å². The number of halogens is 1. The summed E-state index contributed by atoms with van der Waals surface area (Å²) >= 11 is 0. The molecule has 1 N–H and O–H groups in total. The maximum absolute atomic E-state index is 13.8. The van der Waals surface area contributed by atoms with E-state index in [1.165, 1.54) is 12.1 Å². The number of nitrogens with one attached hydrogen (secondary N) is 1. The standard InChI is InChI=1S/C26H32FNO4/c1-30-24-7-6-22(27)16-23(24)21-4-2-19(3-5-21)17-26(10-14-32-15-11-26)25(29)28-18-20-8-12-31-13-9-20/h2-7,16,20H,8-15,17-18H2,1H3,(H,28,29). The van der Waals surface area contributed by atoms with Crippen LogP contribution in [0.5, 0.6) is 5.75 Å². The van der Waals surface area contributed by atoms with Gasteiger partial charge in [-0.25, -0.2) is 4.39 Å². The van der Waals surface area contributed by atoms with E-state index in [9.17, 15) is 9.18 Å². The normalized spacial score (nSPS) is 18.8. The summed E-state index contributed by atoms with van der Waals surface area (Å²) < 4.78 is 30.2. The first-order valence-corrected chi connectivity index (χ1v) is 11.5. The number of carbonyl (C=O) groups excluding carboxylic acids is 1. The zero-order valence-corrected chi connectivity index (χ0v) is 18.7. The van der Waals surface area contributed by atoms with E-state index < -0.39 is 5.41 Å². The average molecular weight is 442 g/mol. The predicted molar refractivity (Wildman–Crippen MR) is 121 cm³/mol. The summed E-state index contributed by atoms with van der Waals surface area (Å²) in [4.78, 5) is 13.3. The Hall–Kier alpha value is -2.44. The van der Waals surface area contributed by atoms with Crippen molar-refractivity contribution in [3.8, 4) is 16.9 Å². The molecule has 172 valence electrons. The van der Waals surface area contributed by atoms with E-state index in [4.69, 9.17) is 14.2 Å². The Morgan fingerprint density at radius 1 is 1.06 bits per heavy atom. The summed E-state index contributed by atoms with van der Waals surface area (Å²) in [6.45, 7) is 3.47. The molecule has 2 fully saturated rings. The van der Waals surface area contributed by atoms with Crippen LogP contribution in [0.25, 0.3) is 11.1 Å². The number of hydrogen-bond acceptors (Lipinski definition) is 4. The number of carbonyl (C=O) groups is 1. The molecular formula is C26H32FNO4. The highest BCUT2D eigenvalue weighted by atomic mass is 19.1. The van der Waals surface area contributed by atoms with Crippen molar-refractivity contribution in [1.29, 1.82) is 0 Å². The molecule has 2 aliphatic heterocycles. The van der Waals surface area contributed by atoms with E-state index in [0.29, 0.717) is 56.3 Å². The van der Waals surface area contributed by atoms with Crippen LogP contribution in [-0.4, -0.2) is 46.0 Å². The lowest BCUT2D eigenvalue weighted by molar-refractivity contribution is -0.137. The van der Waals surface area contributed by atoms with Gasteiger partial charge in [0.15, 0.2) is 0 Å². The molecule has 0 bridgehead atoms. The Labute approximate surface area is 189 Å². The van der Waals surface area contributed by atoms with Crippen molar-refractivity contribution in [3.63, 3.8) is 0 Å². The van der Waals surface area contributed by atoms with Gasteiger partial charge in [0.25, 0.3) is 0 Å². The van der Waals surface area contributed by atoms with Gasteiger partial charge in [-0.15, -0.1) is 0 Å². The predicted octanol–water partition coefficient (Wildman–Crippen LogP) is 4.38. The summed E-state index contributed by atoms with van der Waals surface area (Å²) in [6.07, 6.45) is 4.09. The van der Waals surface area contributed by atoms with Crippen molar-refractivity contribution in [1.82, 2.24) is 5.32 Å². The first kappa shape index (κ1) is 22.7. The molecule has 6 heteroatoms. The molecule has 0 atom stereocenters. The molecule has 32 heavy (non-hydrogen) atoms. The number of hydrogen-bond donors (Lipinski definition) is 1. The van der Waals surface area contributed by atoms with Gasteiger partial charge >= 0.3 is 0 Å². The van der Waals surface area contributed by atoms with E-state index in [1.807, 2.05) is 24.3 Å². The zero-order valence-electron chi connectivity index (χ0n) is 18.7. The van der Waals surface area contributed by atoms with Gasteiger partial charge in [-0.1, -0.05) is 24.3 Å². The average Bonchev–Trinajstić information content (AvgIpc) is 2.84. The minimum atomic E-state index is -0.457. The molecule has 0 saturated carbocycles. The SMILES string of the molecule is COc1ccc(F)cc1-c1ccc(CC2(C(=O)NCC3CCOCC3)CCOCC2)cc1. The second-order valence-electron chi connectivity index (χ2n) is 8.88. The Bertz CT molecular complexity index is 903. The molecule has 5 nitrogen and oxygen atoms in total. The highest BCUT2D eigenvalue weighted by Crippen LogP contribution is 2.36. The zero-order chi connectivity index (χ0) is 22.4. The van der Waals surface area contributed by atoms with Gasteiger partial charge in [0.2, 0.25) is 5.91 Å². The first-order valence-electron chi connectivity index (χ1n) is 11.5. The van der Waals surface area contributed by atoms with Crippen molar-refractivity contribution in [2.45, 2.75) is 32.1 Å². The molecule has 2 aliphatic rings. The molecule has 2 saturated heterocycles. The van der Waals surface area contributed by atoms with Gasteiger partial charge in [0, 0.05) is 38.5 Å². The van der Waals surface area contributed by atoms with Gasteiger partial charge in [-0.05, 0) is 67.3 Å². The number of rotatable bonds is 7. The van der Waals surface area contributed by atoms with Crippen LogP contribution in [0.1, 0.15) is 31.2 Å². The van der Waals surface area contributed by atoms with Crippen LogP contribution >= 0.6 is 0 Å². The van der Waals surface area contributed by atoms with Crippen molar-refractivity contribution >= 4 is 5.91 Å². The van der Waals surface area contributed by atoms with E-state index in [-0.39, 0.29) is 11.7 Å². The van der Waals surface area contributed by atoms with Gasteiger partial charge in [-0.3, -0.25) is 4.79 Å². The van der Waals surface area contributed by atoms with Gasteiger partial charge in [0.1, 0.15) is 11.6 Å². The fourth-order valence-electron chi connectivity index (χ4n) is 4.72. The van der Waals surface area contributed by atoms with E-state index in [0.717, 1.165) is 37.2 Å². The maximum atomic E-state index is 13.8. The summed E-state index contributed by atoms with van der Waals surface area (Å²) in [6, 6.07) is 12.5. The third-order valence-corrected chi connectivity index (χ3v) is 6.79. The summed E-state index contributed by atoms with van der Waals surface area (Å²) in [5.74, 6) is 0.952. The van der Waals surface area contributed by atoms with E-state index in [1.54, 1.807) is 13.2 Å². The third kappa shape index (κ3) is 5.30. The molecule has 0 unspecified atom stereocenters. The lowest BCUT2D eigenvalue weighted by atomic mass is 9.74. The molecule has 2 heterocycles. The second-order valence-corrected chi connectivity index (χ2v) is 8.88. The molecule has 0 spiro atoms. The summed E-state index contributed by atoms with van der Waals surface area (Å²) in [7, 11) is 1.58. The van der Waals surface area contributed by atoms with Crippen LogP contribution in [0.4, 0.5) is 4.39 Å². The minimum absolute atomic E-state index is 0.128. The summed E-state index contributed by atoms with van der Waals surface area (Å²) in [5, 5.41) is 3.23. The minimum Gasteiger partial charge on any atom is -0.496 e. The fraction of sp³-hybridized carbons (Fsp3) is 0.500. The Morgan fingerprint density at radius 3 is 2.44 bits per heavy atom. The largest absolute Gasteiger partial charge is 0.496 e. The lowest BCUT2D eigenvalue weighted by Gasteiger charge is -2.36. The molecule has 0 radical (unpaired) electrons. The molecule has 0 aliphatic carbocycles. The fourth-order valence-corrected chi connectivity index (χ4v) is 4.72. The molecule has 0 aromatic heterocycles. The Morgan fingerprint density at radius 2 is 1.75 bits per heavy atom. The van der Waals surface area contributed by atoms with E-state index in [2.05, 4.69) is 5.32 Å². The van der Waals surface area contributed by atoms with E-state index >= 15 is 0 Å². The van der Waals surface area contributed by atoms with Crippen molar-refractivity contribution in [2.75, 3.05) is 40.1 Å². The monoisotopic (exact) mass is 441 g/mol. The topological polar surface area (TPSA) is 56.8 Å². The van der Waals surface area contributed by atoms with Crippen LogP contribution in [0.3, 0.4) is 0 Å². The third-order valence-electron chi connectivity index (χ3n) is 6.79. The number of ether oxygens (including phenoxy) is 3. The van der Waals surface area contributed by atoms with Crippen LogP contribution in [0.2, 0.25) is 0 Å². The Kier molecular flexibility index (Phi) is 7.43. The van der Waals surface area contributed by atoms with Crippen LogP contribution in [-0.2, 0) is 20.7 Å². The molecule has 4 rings (SSSR count). The molecule has 1 amide bonds. The smallest absolute Gasteiger partial charge is 0.226 e. The van der Waals surface area contributed by atoms with Crippen LogP contribution < -0.4 is 10.1 Å². The second kappa shape index (κ2) is 10.5. The highest BCUT2D eigenvalue weighted by Gasteiger charge is 2.40. The van der Waals surface area contributed by atoms with Gasteiger partial charge in [-0.2, -0.15) is 0 Å². The van der Waals surface area contributed by atoms with Crippen molar-refractivity contribution in [3.05, 3.63) is 53.8 Å². The lowest BCUT2D eigenvalue weighted by Crippen LogP contribution is -2.47. The van der Waals surface area contributed by atoms with Crippen LogP contribution in [0.15, 0.2) is 42.5 Å². The number of benzene rings is 2. The quantitative estimate of drug-likeness (QED) is 0.693. The van der Waals surface area contributed by atoms with Crippen molar-refractivity contribution in [2.24, 2.45) is 11.3 Å².